The molecule has 3 aromatic rings. The lowest BCUT2D eigenvalue weighted by molar-refractivity contribution is 0.0524. The molecular weight excluding hydrogens is 354 g/mol. The van der Waals surface area contributed by atoms with Crippen LogP contribution in [0, 0.1) is 23.3 Å². The number of carbonyl (C=O) groups excluding carboxylic acids is 1. The number of hydrogen-bond donors (Lipinski definition) is 0. The topological polar surface area (TPSA) is 48.3 Å². The van der Waals surface area contributed by atoms with Gasteiger partial charge in [-0.3, -0.25) is 4.79 Å². The summed E-state index contributed by atoms with van der Waals surface area (Å²) >= 11 is 0. The minimum Gasteiger partial charge on any atom is -0.462 e. The van der Waals surface area contributed by atoms with Gasteiger partial charge < -0.3 is 9.30 Å². The molecule has 1 heterocycles. The molecule has 3 rings (SSSR count). The van der Waals surface area contributed by atoms with Crippen LogP contribution in [0.1, 0.15) is 17.3 Å². The van der Waals surface area contributed by atoms with E-state index >= 15 is 0 Å². The molecule has 0 amide bonds. The number of nitrogens with zero attached hydrogens (tertiary/aromatic N) is 1. The van der Waals surface area contributed by atoms with Crippen LogP contribution in [0.4, 0.5) is 17.6 Å². The van der Waals surface area contributed by atoms with Crippen LogP contribution in [-0.4, -0.2) is 17.1 Å². The fourth-order valence-corrected chi connectivity index (χ4v) is 2.58. The monoisotopic (exact) mass is 365 g/mol. The average Bonchev–Trinajstić information content (AvgIpc) is 2.59. The number of pyridine rings is 1. The van der Waals surface area contributed by atoms with E-state index in [1.165, 1.54) is 6.92 Å². The van der Waals surface area contributed by atoms with E-state index in [2.05, 4.69) is 0 Å². The lowest BCUT2D eigenvalue weighted by Gasteiger charge is -2.15. The molecule has 1 aromatic heterocycles. The predicted molar refractivity (Wildman–Crippen MR) is 85.3 cm³/mol. The van der Waals surface area contributed by atoms with E-state index in [0.717, 1.165) is 35.0 Å². The van der Waals surface area contributed by atoms with E-state index in [1.807, 2.05) is 0 Å². The minimum absolute atomic E-state index is 0.0288. The van der Waals surface area contributed by atoms with Crippen LogP contribution < -0.4 is 5.43 Å². The number of fused-ring (bicyclic) bond motifs is 1. The molecule has 26 heavy (non-hydrogen) atoms. The highest BCUT2D eigenvalue weighted by molar-refractivity contribution is 5.94. The molecule has 0 atom stereocenters. The first-order valence-electron chi connectivity index (χ1n) is 7.51. The van der Waals surface area contributed by atoms with Gasteiger partial charge in [0.2, 0.25) is 5.43 Å². The van der Waals surface area contributed by atoms with Crippen molar-refractivity contribution >= 4 is 16.9 Å². The largest absolute Gasteiger partial charge is 0.462 e. The molecule has 0 radical (unpaired) electrons. The molecule has 0 aliphatic carbocycles. The summed E-state index contributed by atoms with van der Waals surface area (Å²) in [5, 5.41) is -0.349. The first kappa shape index (κ1) is 17.7. The van der Waals surface area contributed by atoms with Gasteiger partial charge in [0.1, 0.15) is 17.2 Å². The van der Waals surface area contributed by atoms with Crippen LogP contribution in [0.3, 0.4) is 0 Å². The molecule has 0 aliphatic heterocycles. The van der Waals surface area contributed by atoms with Gasteiger partial charge in [-0.15, -0.1) is 0 Å². The summed E-state index contributed by atoms with van der Waals surface area (Å²) in [5.74, 6) is -5.64. The highest BCUT2D eigenvalue weighted by atomic mass is 19.2. The summed E-state index contributed by atoms with van der Waals surface area (Å²) in [5.41, 5.74) is -2.33. The van der Waals surface area contributed by atoms with E-state index in [-0.39, 0.29) is 17.7 Å². The number of ether oxygens (including phenoxy) is 1. The third-order valence-electron chi connectivity index (χ3n) is 3.72. The summed E-state index contributed by atoms with van der Waals surface area (Å²) in [4.78, 5) is 24.5. The molecule has 0 aliphatic rings. The molecule has 0 N–H and O–H groups in total. The Balaban J connectivity index is 2.46. The Morgan fingerprint density at radius 2 is 1.81 bits per heavy atom. The summed E-state index contributed by atoms with van der Waals surface area (Å²) in [7, 11) is 0. The lowest BCUT2D eigenvalue weighted by atomic mass is 10.1. The first-order chi connectivity index (χ1) is 12.3. The Kier molecular flexibility index (Phi) is 4.50. The van der Waals surface area contributed by atoms with Crippen molar-refractivity contribution in [2.75, 3.05) is 6.61 Å². The molecule has 8 heteroatoms. The van der Waals surface area contributed by atoms with E-state index in [0.29, 0.717) is 6.07 Å². The maximum absolute atomic E-state index is 14.4. The molecule has 0 saturated carbocycles. The standard InChI is InChI=1S/C18H11F4NO3/c1-2-26-18(25)11-8-23(14-6-3-9(19)7-13(14)21)16-10(17(11)24)4-5-12(20)15(16)22/h3-8H,2H2,1H3. The predicted octanol–water partition coefficient (Wildman–Crippen LogP) is 3.72. The van der Waals surface area contributed by atoms with Gasteiger partial charge in [0, 0.05) is 12.3 Å². The van der Waals surface area contributed by atoms with Crippen molar-refractivity contribution in [1.29, 1.82) is 0 Å². The third kappa shape index (κ3) is 2.83. The Labute approximate surface area is 144 Å². The summed E-state index contributed by atoms with van der Waals surface area (Å²) in [6.45, 7) is 1.49. The number of rotatable bonds is 3. The Bertz CT molecular complexity index is 1090. The summed E-state index contributed by atoms with van der Waals surface area (Å²) in [6, 6.07) is 4.13. The molecular formula is C18H11F4NO3. The Morgan fingerprint density at radius 1 is 1.08 bits per heavy atom. The Hall–Kier alpha value is -3.16. The summed E-state index contributed by atoms with van der Waals surface area (Å²) < 4.78 is 61.0. The van der Waals surface area contributed by atoms with Gasteiger partial charge in [-0.2, -0.15) is 0 Å². The van der Waals surface area contributed by atoms with Crippen LogP contribution in [0.2, 0.25) is 0 Å². The van der Waals surface area contributed by atoms with Crippen molar-refractivity contribution in [3.63, 3.8) is 0 Å². The van der Waals surface area contributed by atoms with Crippen molar-refractivity contribution in [3.8, 4) is 5.69 Å². The number of halogens is 4. The van der Waals surface area contributed by atoms with E-state index < -0.39 is 45.7 Å². The number of esters is 1. The number of hydrogen-bond acceptors (Lipinski definition) is 3. The van der Waals surface area contributed by atoms with Gasteiger partial charge in [-0.05, 0) is 31.2 Å². The van der Waals surface area contributed by atoms with Crippen LogP contribution in [0.25, 0.3) is 16.6 Å². The van der Waals surface area contributed by atoms with Crippen LogP contribution in [-0.2, 0) is 4.74 Å². The van der Waals surface area contributed by atoms with Gasteiger partial charge in [0.05, 0.1) is 23.2 Å². The average molecular weight is 365 g/mol. The number of carbonyl (C=O) groups is 1. The highest BCUT2D eigenvalue weighted by Gasteiger charge is 2.22. The molecule has 134 valence electrons. The van der Waals surface area contributed by atoms with Gasteiger partial charge in [-0.25, -0.2) is 22.4 Å². The molecule has 0 fully saturated rings. The van der Waals surface area contributed by atoms with Crippen molar-refractivity contribution in [2.45, 2.75) is 6.92 Å². The van der Waals surface area contributed by atoms with Gasteiger partial charge >= 0.3 is 5.97 Å². The second kappa shape index (κ2) is 6.62. The Morgan fingerprint density at radius 3 is 2.46 bits per heavy atom. The van der Waals surface area contributed by atoms with Crippen LogP contribution in [0.5, 0.6) is 0 Å². The fourth-order valence-electron chi connectivity index (χ4n) is 2.58. The number of aromatic nitrogens is 1. The third-order valence-corrected chi connectivity index (χ3v) is 3.72. The van der Waals surface area contributed by atoms with Crippen molar-refractivity contribution < 1.29 is 27.1 Å². The van der Waals surface area contributed by atoms with Crippen LogP contribution >= 0.6 is 0 Å². The van der Waals surface area contributed by atoms with Gasteiger partial charge in [-0.1, -0.05) is 0 Å². The highest BCUT2D eigenvalue weighted by Crippen LogP contribution is 2.24. The smallest absolute Gasteiger partial charge is 0.343 e. The number of benzene rings is 2. The van der Waals surface area contributed by atoms with E-state index in [1.54, 1.807) is 0 Å². The zero-order valence-corrected chi connectivity index (χ0v) is 13.4. The van der Waals surface area contributed by atoms with E-state index in [4.69, 9.17) is 4.74 Å². The van der Waals surface area contributed by atoms with Gasteiger partial charge in [0.25, 0.3) is 0 Å². The lowest BCUT2D eigenvalue weighted by Crippen LogP contribution is -2.21. The molecule has 4 nitrogen and oxygen atoms in total. The van der Waals surface area contributed by atoms with E-state index in [9.17, 15) is 27.2 Å². The molecule has 0 unspecified atom stereocenters. The van der Waals surface area contributed by atoms with Crippen molar-refractivity contribution in [3.05, 3.63) is 75.6 Å². The zero-order chi connectivity index (χ0) is 19.0. The maximum Gasteiger partial charge on any atom is 0.343 e. The zero-order valence-electron chi connectivity index (χ0n) is 13.4. The minimum atomic E-state index is -1.40. The molecule has 0 bridgehead atoms. The molecule has 0 spiro atoms. The molecule has 2 aromatic carbocycles. The SMILES string of the molecule is CCOC(=O)c1cn(-c2ccc(F)cc2F)c2c(F)c(F)ccc2c1=O. The van der Waals surface area contributed by atoms with Crippen molar-refractivity contribution in [2.24, 2.45) is 0 Å². The summed E-state index contributed by atoms with van der Waals surface area (Å²) in [6.07, 6.45) is 0.849. The second-order valence-corrected chi connectivity index (χ2v) is 5.32. The van der Waals surface area contributed by atoms with Gasteiger partial charge in [0.15, 0.2) is 11.6 Å². The molecule has 0 saturated heterocycles. The maximum atomic E-state index is 14.4. The normalized spacial score (nSPS) is 11.0. The fraction of sp³-hybridized carbons (Fsp3) is 0.111. The second-order valence-electron chi connectivity index (χ2n) is 5.32. The van der Waals surface area contributed by atoms with Crippen molar-refractivity contribution in [1.82, 2.24) is 4.57 Å². The first-order valence-corrected chi connectivity index (χ1v) is 7.51. The quantitative estimate of drug-likeness (QED) is 0.525. The van der Waals surface area contributed by atoms with Crippen LogP contribution in [0.15, 0.2) is 41.3 Å².